The van der Waals surface area contributed by atoms with Crippen LogP contribution in [-0.4, -0.2) is 23.9 Å². The summed E-state index contributed by atoms with van der Waals surface area (Å²) in [6.07, 6.45) is 1.02. The first kappa shape index (κ1) is 18.7. The molecule has 2 aromatic carbocycles. The number of anilines is 1. The van der Waals surface area contributed by atoms with Crippen LogP contribution in [0.3, 0.4) is 0 Å². The van der Waals surface area contributed by atoms with Crippen molar-refractivity contribution in [3.8, 4) is 0 Å². The molecular weight excluding hydrogens is 320 g/mol. The predicted molar refractivity (Wildman–Crippen MR) is 109 cm³/mol. The van der Waals surface area contributed by atoms with E-state index in [9.17, 15) is 4.79 Å². The molecule has 0 aromatic heterocycles. The van der Waals surface area contributed by atoms with Gasteiger partial charge in [-0.25, -0.2) is 0 Å². The Morgan fingerprint density at radius 2 is 1.58 bits per heavy atom. The topological polar surface area (TPSA) is 32.3 Å². The van der Waals surface area contributed by atoms with Gasteiger partial charge in [0.1, 0.15) is 0 Å². The summed E-state index contributed by atoms with van der Waals surface area (Å²) in [7, 11) is 0. The molecule has 0 fully saturated rings. The van der Waals surface area contributed by atoms with E-state index >= 15 is 0 Å². The summed E-state index contributed by atoms with van der Waals surface area (Å²) in [5, 5.41) is 3.23. The van der Waals surface area contributed by atoms with Crippen molar-refractivity contribution < 1.29 is 4.79 Å². The van der Waals surface area contributed by atoms with E-state index in [2.05, 4.69) is 80.4 Å². The largest absolute Gasteiger partial charge is 0.324 e. The second kappa shape index (κ2) is 8.05. The number of hydrogen-bond donors (Lipinski definition) is 1. The summed E-state index contributed by atoms with van der Waals surface area (Å²) < 4.78 is 0. The highest BCUT2D eigenvalue weighted by Gasteiger charge is 2.20. The zero-order valence-electron chi connectivity index (χ0n) is 16.4. The Labute approximate surface area is 157 Å². The van der Waals surface area contributed by atoms with Crippen molar-refractivity contribution in [2.45, 2.75) is 52.5 Å². The predicted octanol–water partition coefficient (Wildman–Crippen LogP) is 4.93. The standard InChI is InChI=1S/C23H30N2O/c1-16(2)20-10-7-11-21(17(3)4)23(20)24-22(26)15-25-13-12-18-8-5-6-9-19(18)14-25/h5-11,16-17H,12-15H2,1-4H3,(H,24,26). The second-order valence-electron chi connectivity index (χ2n) is 7.90. The van der Waals surface area contributed by atoms with Crippen molar-refractivity contribution in [3.05, 3.63) is 64.7 Å². The van der Waals surface area contributed by atoms with Crippen molar-refractivity contribution in [3.63, 3.8) is 0 Å². The van der Waals surface area contributed by atoms with Gasteiger partial charge in [0.05, 0.1) is 6.54 Å². The average Bonchev–Trinajstić information content (AvgIpc) is 2.61. The van der Waals surface area contributed by atoms with E-state index in [1.807, 2.05) is 0 Å². The lowest BCUT2D eigenvalue weighted by Gasteiger charge is -2.28. The van der Waals surface area contributed by atoms with Crippen LogP contribution in [0, 0.1) is 0 Å². The minimum atomic E-state index is 0.0828. The number of benzene rings is 2. The van der Waals surface area contributed by atoms with Gasteiger partial charge in [-0.1, -0.05) is 70.2 Å². The van der Waals surface area contributed by atoms with Gasteiger partial charge in [-0.2, -0.15) is 0 Å². The van der Waals surface area contributed by atoms with E-state index in [0.717, 1.165) is 25.2 Å². The molecule has 1 amide bonds. The molecule has 3 rings (SSSR count). The van der Waals surface area contributed by atoms with E-state index in [1.165, 1.54) is 22.3 Å². The van der Waals surface area contributed by atoms with E-state index in [1.54, 1.807) is 0 Å². The Morgan fingerprint density at radius 1 is 0.962 bits per heavy atom. The molecule has 0 saturated carbocycles. The molecule has 0 spiro atoms. The molecule has 1 N–H and O–H groups in total. The lowest BCUT2D eigenvalue weighted by molar-refractivity contribution is -0.117. The van der Waals surface area contributed by atoms with Crippen LogP contribution in [0.4, 0.5) is 5.69 Å². The highest BCUT2D eigenvalue weighted by atomic mass is 16.2. The summed E-state index contributed by atoms with van der Waals surface area (Å²) in [4.78, 5) is 15.0. The molecule has 0 radical (unpaired) electrons. The van der Waals surface area contributed by atoms with Gasteiger partial charge < -0.3 is 5.32 Å². The van der Waals surface area contributed by atoms with Crippen LogP contribution >= 0.6 is 0 Å². The van der Waals surface area contributed by atoms with Crippen molar-refractivity contribution in [1.29, 1.82) is 0 Å². The van der Waals surface area contributed by atoms with Crippen LogP contribution in [-0.2, 0) is 17.8 Å². The molecule has 0 saturated heterocycles. The van der Waals surface area contributed by atoms with Crippen LogP contribution in [0.15, 0.2) is 42.5 Å². The molecular formula is C23H30N2O. The highest BCUT2D eigenvalue weighted by molar-refractivity contribution is 5.94. The molecule has 3 nitrogen and oxygen atoms in total. The molecule has 1 aliphatic rings. The maximum atomic E-state index is 12.8. The van der Waals surface area contributed by atoms with Gasteiger partial charge in [0.15, 0.2) is 0 Å². The fraction of sp³-hybridized carbons (Fsp3) is 0.435. The van der Waals surface area contributed by atoms with Crippen LogP contribution in [0.5, 0.6) is 0 Å². The monoisotopic (exact) mass is 350 g/mol. The maximum absolute atomic E-state index is 12.8. The third-order valence-electron chi connectivity index (χ3n) is 5.21. The first-order valence-electron chi connectivity index (χ1n) is 9.67. The van der Waals surface area contributed by atoms with E-state index in [0.29, 0.717) is 18.4 Å². The molecule has 0 aliphatic carbocycles. The Balaban J connectivity index is 1.73. The van der Waals surface area contributed by atoms with E-state index in [-0.39, 0.29) is 5.91 Å². The normalized spacial score (nSPS) is 14.5. The molecule has 2 aromatic rings. The molecule has 138 valence electrons. The fourth-order valence-corrected chi connectivity index (χ4v) is 3.77. The Bertz CT molecular complexity index is 753. The number of carbonyl (C=O) groups is 1. The van der Waals surface area contributed by atoms with Crippen molar-refractivity contribution >= 4 is 11.6 Å². The maximum Gasteiger partial charge on any atom is 0.238 e. The highest BCUT2D eigenvalue weighted by Crippen LogP contribution is 2.32. The van der Waals surface area contributed by atoms with Crippen molar-refractivity contribution in [2.75, 3.05) is 18.4 Å². The SMILES string of the molecule is CC(C)c1cccc(C(C)C)c1NC(=O)CN1CCc2ccccc2C1. The zero-order valence-corrected chi connectivity index (χ0v) is 16.4. The van der Waals surface area contributed by atoms with E-state index < -0.39 is 0 Å². The molecule has 26 heavy (non-hydrogen) atoms. The number of hydrogen-bond acceptors (Lipinski definition) is 2. The quantitative estimate of drug-likeness (QED) is 0.829. The number of nitrogens with one attached hydrogen (secondary N) is 1. The van der Waals surface area contributed by atoms with Gasteiger partial charge in [0.2, 0.25) is 5.91 Å². The lowest BCUT2D eigenvalue weighted by Crippen LogP contribution is -2.37. The lowest BCUT2D eigenvalue weighted by atomic mass is 9.92. The van der Waals surface area contributed by atoms with Gasteiger partial charge in [-0.15, -0.1) is 0 Å². The number of para-hydroxylation sites is 1. The van der Waals surface area contributed by atoms with Crippen LogP contribution < -0.4 is 5.32 Å². The number of nitrogens with zero attached hydrogens (tertiary/aromatic N) is 1. The summed E-state index contributed by atoms with van der Waals surface area (Å²) in [5.74, 6) is 0.844. The minimum Gasteiger partial charge on any atom is -0.324 e. The van der Waals surface area contributed by atoms with Crippen LogP contribution in [0.1, 0.15) is 61.8 Å². The molecule has 0 atom stereocenters. The third kappa shape index (κ3) is 4.16. The second-order valence-corrected chi connectivity index (χ2v) is 7.90. The fourth-order valence-electron chi connectivity index (χ4n) is 3.77. The first-order valence-corrected chi connectivity index (χ1v) is 9.67. The minimum absolute atomic E-state index is 0.0828. The smallest absolute Gasteiger partial charge is 0.238 e. The van der Waals surface area contributed by atoms with Crippen molar-refractivity contribution in [2.24, 2.45) is 0 Å². The van der Waals surface area contributed by atoms with Gasteiger partial charge in [-0.05, 0) is 40.5 Å². The van der Waals surface area contributed by atoms with Crippen LogP contribution in [0.25, 0.3) is 0 Å². The van der Waals surface area contributed by atoms with Crippen molar-refractivity contribution in [1.82, 2.24) is 4.90 Å². The third-order valence-corrected chi connectivity index (χ3v) is 5.21. The summed E-state index contributed by atoms with van der Waals surface area (Å²) in [6, 6.07) is 14.9. The molecule has 3 heteroatoms. The van der Waals surface area contributed by atoms with Gasteiger partial charge >= 0.3 is 0 Å². The number of fused-ring (bicyclic) bond motifs is 1. The van der Waals surface area contributed by atoms with Gasteiger partial charge in [0.25, 0.3) is 0 Å². The Kier molecular flexibility index (Phi) is 5.77. The molecule has 0 unspecified atom stereocenters. The van der Waals surface area contributed by atoms with Gasteiger partial charge in [0, 0.05) is 18.8 Å². The van der Waals surface area contributed by atoms with E-state index in [4.69, 9.17) is 0 Å². The van der Waals surface area contributed by atoms with Crippen LogP contribution in [0.2, 0.25) is 0 Å². The number of carbonyl (C=O) groups excluding carboxylic acids is 1. The summed E-state index contributed by atoms with van der Waals surface area (Å²) in [5.41, 5.74) is 6.20. The molecule has 1 heterocycles. The summed E-state index contributed by atoms with van der Waals surface area (Å²) >= 11 is 0. The number of amides is 1. The molecule has 0 bridgehead atoms. The van der Waals surface area contributed by atoms with Gasteiger partial charge in [-0.3, -0.25) is 9.69 Å². The zero-order chi connectivity index (χ0) is 18.7. The first-order chi connectivity index (χ1) is 12.5. The summed E-state index contributed by atoms with van der Waals surface area (Å²) in [6.45, 7) is 10.9. The Hall–Kier alpha value is -2.13. The molecule has 1 aliphatic heterocycles. The Morgan fingerprint density at radius 3 is 2.19 bits per heavy atom. The average molecular weight is 351 g/mol. The number of rotatable bonds is 5.